The van der Waals surface area contributed by atoms with Gasteiger partial charge in [0.15, 0.2) is 0 Å². The molecule has 3 heterocycles. The quantitative estimate of drug-likeness (QED) is 0.916. The van der Waals surface area contributed by atoms with E-state index in [2.05, 4.69) is 10.0 Å². The van der Waals surface area contributed by atoms with Crippen LogP contribution in [0.25, 0.3) is 0 Å². The highest BCUT2D eigenvalue weighted by Crippen LogP contribution is 2.37. The van der Waals surface area contributed by atoms with E-state index in [-0.39, 0.29) is 17.7 Å². The van der Waals surface area contributed by atoms with Crippen LogP contribution in [0, 0.1) is 0 Å². The summed E-state index contributed by atoms with van der Waals surface area (Å²) < 4.78 is 0. The van der Waals surface area contributed by atoms with E-state index in [1.165, 1.54) is 0 Å². The fourth-order valence-electron chi connectivity index (χ4n) is 3.55. The van der Waals surface area contributed by atoms with Crippen LogP contribution in [0.15, 0.2) is 46.9 Å². The molecule has 25 heavy (non-hydrogen) atoms. The maximum atomic E-state index is 12.9. The van der Waals surface area contributed by atoms with E-state index in [1.807, 2.05) is 29.6 Å². The average molecular weight is 355 g/mol. The second-order valence-electron chi connectivity index (χ2n) is 6.52. The summed E-state index contributed by atoms with van der Waals surface area (Å²) in [4.78, 5) is 16.2. The molecule has 1 atom stereocenters. The molecule has 1 aromatic heterocycles. The van der Waals surface area contributed by atoms with Crippen molar-refractivity contribution >= 4 is 23.0 Å². The molecular weight excluding hydrogens is 334 g/mol. The van der Waals surface area contributed by atoms with Crippen LogP contribution in [0.1, 0.15) is 35.7 Å². The Morgan fingerprint density at radius 2 is 2.00 bits per heavy atom. The van der Waals surface area contributed by atoms with E-state index in [0.717, 1.165) is 42.1 Å². The Labute approximate surface area is 151 Å². The molecule has 130 valence electrons. The molecule has 0 bridgehead atoms. The van der Waals surface area contributed by atoms with Gasteiger partial charge in [-0.1, -0.05) is 24.3 Å². The van der Waals surface area contributed by atoms with Crippen molar-refractivity contribution in [2.75, 3.05) is 19.6 Å². The molecule has 0 radical (unpaired) electrons. The van der Waals surface area contributed by atoms with Crippen LogP contribution in [0.4, 0.5) is 0 Å². The van der Waals surface area contributed by atoms with Crippen LogP contribution in [0.3, 0.4) is 0 Å². The minimum atomic E-state index is -0.242. The maximum absolute atomic E-state index is 12.9. The first kappa shape index (κ1) is 16.3. The first-order valence-electron chi connectivity index (χ1n) is 8.66. The molecule has 1 amide bonds. The number of amides is 1. The maximum Gasteiger partial charge on any atom is 0.257 e. The summed E-state index contributed by atoms with van der Waals surface area (Å²) in [6, 6.07) is 11.0. The van der Waals surface area contributed by atoms with Crippen molar-refractivity contribution in [3.8, 4) is 5.75 Å². The molecule has 0 spiro atoms. The number of phenolic OH excluding ortho intramolecular Hbond substituents is 1. The molecule has 2 aliphatic heterocycles. The first-order chi connectivity index (χ1) is 12.2. The van der Waals surface area contributed by atoms with E-state index in [9.17, 15) is 9.90 Å². The number of benzene rings is 1. The molecule has 1 unspecified atom stereocenters. The SMILES string of the molecule is O=C(CN1CCCC1)N1N=C(c2cccs2)CC1c1ccccc1O. The highest BCUT2D eigenvalue weighted by Gasteiger charge is 2.35. The van der Waals surface area contributed by atoms with Gasteiger partial charge in [0, 0.05) is 12.0 Å². The molecule has 2 aliphatic rings. The molecule has 4 rings (SSSR count). The summed E-state index contributed by atoms with van der Waals surface area (Å²) in [5, 5.41) is 18.5. The highest BCUT2D eigenvalue weighted by molar-refractivity contribution is 7.12. The second-order valence-corrected chi connectivity index (χ2v) is 7.47. The number of phenols is 1. The number of likely N-dealkylation sites (tertiary alicyclic amines) is 1. The fourth-order valence-corrected chi connectivity index (χ4v) is 4.27. The van der Waals surface area contributed by atoms with Crippen LogP contribution in [0.2, 0.25) is 0 Å². The smallest absolute Gasteiger partial charge is 0.257 e. The normalized spacial score (nSPS) is 20.9. The van der Waals surface area contributed by atoms with Gasteiger partial charge in [0.2, 0.25) is 0 Å². The summed E-state index contributed by atoms with van der Waals surface area (Å²) in [5.74, 6) is 0.218. The standard InChI is InChI=1S/C19H21N3O2S/c23-17-7-2-1-6-14(17)16-12-15(18-8-5-11-25-18)20-22(16)19(24)13-21-9-3-4-10-21/h1-2,5-8,11,16,23H,3-4,9-10,12-13H2. The number of carbonyl (C=O) groups is 1. The Bertz CT molecular complexity index is 782. The average Bonchev–Trinajstić information content (AvgIpc) is 3.36. The lowest BCUT2D eigenvalue weighted by molar-refractivity contribution is -0.134. The zero-order chi connectivity index (χ0) is 17.2. The Hall–Kier alpha value is -2.18. The number of carbonyl (C=O) groups excluding carboxylic acids is 1. The van der Waals surface area contributed by atoms with Crippen molar-refractivity contribution in [1.82, 2.24) is 9.91 Å². The lowest BCUT2D eigenvalue weighted by atomic mass is 10.00. The molecule has 0 saturated carbocycles. The minimum Gasteiger partial charge on any atom is -0.508 e. The molecule has 1 fully saturated rings. The number of nitrogens with zero attached hydrogens (tertiary/aromatic N) is 3. The number of hydrazone groups is 1. The summed E-state index contributed by atoms with van der Waals surface area (Å²) in [6.07, 6.45) is 2.93. The molecular formula is C19H21N3O2S. The van der Waals surface area contributed by atoms with E-state index >= 15 is 0 Å². The third-order valence-electron chi connectivity index (χ3n) is 4.82. The molecule has 1 N–H and O–H groups in total. The van der Waals surface area contributed by atoms with Crippen molar-refractivity contribution in [3.05, 3.63) is 52.2 Å². The lowest BCUT2D eigenvalue weighted by Crippen LogP contribution is -2.36. The zero-order valence-electron chi connectivity index (χ0n) is 14.0. The lowest BCUT2D eigenvalue weighted by Gasteiger charge is -2.25. The summed E-state index contributed by atoms with van der Waals surface area (Å²) in [6.45, 7) is 2.34. The van der Waals surface area contributed by atoms with Gasteiger partial charge in [-0.15, -0.1) is 11.3 Å². The van der Waals surface area contributed by atoms with Gasteiger partial charge in [0.25, 0.3) is 5.91 Å². The Morgan fingerprint density at radius 3 is 2.72 bits per heavy atom. The summed E-state index contributed by atoms with van der Waals surface area (Å²) in [5.41, 5.74) is 1.67. The number of rotatable bonds is 4. The fraction of sp³-hybridized carbons (Fsp3) is 0.368. The van der Waals surface area contributed by atoms with Gasteiger partial charge in [0.05, 0.1) is 23.2 Å². The topological polar surface area (TPSA) is 56.1 Å². The summed E-state index contributed by atoms with van der Waals surface area (Å²) in [7, 11) is 0. The Morgan fingerprint density at radius 1 is 1.20 bits per heavy atom. The van der Waals surface area contributed by atoms with Crippen LogP contribution in [0.5, 0.6) is 5.75 Å². The summed E-state index contributed by atoms with van der Waals surface area (Å²) >= 11 is 1.63. The van der Waals surface area contributed by atoms with Crippen molar-refractivity contribution in [2.24, 2.45) is 5.10 Å². The van der Waals surface area contributed by atoms with Crippen molar-refractivity contribution < 1.29 is 9.90 Å². The molecule has 5 nitrogen and oxygen atoms in total. The number of hydrogen-bond acceptors (Lipinski definition) is 5. The molecule has 0 aliphatic carbocycles. The highest BCUT2D eigenvalue weighted by atomic mass is 32.1. The third-order valence-corrected chi connectivity index (χ3v) is 5.74. The van der Waals surface area contributed by atoms with Crippen LogP contribution in [-0.4, -0.2) is 46.3 Å². The predicted molar refractivity (Wildman–Crippen MR) is 98.8 cm³/mol. The van der Waals surface area contributed by atoms with Gasteiger partial charge < -0.3 is 5.11 Å². The van der Waals surface area contributed by atoms with Crippen molar-refractivity contribution in [2.45, 2.75) is 25.3 Å². The molecule has 1 saturated heterocycles. The first-order valence-corrected chi connectivity index (χ1v) is 9.54. The van der Waals surface area contributed by atoms with Crippen molar-refractivity contribution in [1.29, 1.82) is 0 Å². The van der Waals surface area contributed by atoms with Crippen LogP contribution >= 0.6 is 11.3 Å². The minimum absolute atomic E-state index is 0.00158. The van der Waals surface area contributed by atoms with Gasteiger partial charge in [-0.3, -0.25) is 9.69 Å². The third kappa shape index (κ3) is 3.32. The van der Waals surface area contributed by atoms with Crippen LogP contribution < -0.4 is 0 Å². The Balaban J connectivity index is 1.62. The molecule has 2 aromatic rings. The number of para-hydroxylation sites is 1. The molecule has 6 heteroatoms. The van der Waals surface area contributed by atoms with E-state index in [1.54, 1.807) is 28.5 Å². The van der Waals surface area contributed by atoms with Gasteiger partial charge in [-0.2, -0.15) is 5.10 Å². The van der Waals surface area contributed by atoms with Gasteiger partial charge in [-0.05, 0) is 43.4 Å². The number of aromatic hydroxyl groups is 1. The molecule has 1 aromatic carbocycles. The second kappa shape index (κ2) is 6.98. The Kier molecular flexibility index (Phi) is 4.55. The predicted octanol–water partition coefficient (Wildman–Crippen LogP) is 3.23. The number of thiophene rings is 1. The monoisotopic (exact) mass is 355 g/mol. The van der Waals surface area contributed by atoms with E-state index < -0.39 is 0 Å². The van der Waals surface area contributed by atoms with Gasteiger partial charge in [0.1, 0.15) is 5.75 Å². The number of hydrogen-bond donors (Lipinski definition) is 1. The van der Waals surface area contributed by atoms with Gasteiger partial charge in [-0.25, -0.2) is 5.01 Å². The van der Waals surface area contributed by atoms with E-state index in [0.29, 0.717) is 13.0 Å². The van der Waals surface area contributed by atoms with E-state index in [4.69, 9.17) is 0 Å². The zero-order valence-corrected chi connectivity index (χ0v) is 14.8. The van der Waals surface area contributed by atoms with Gasteiger partial charge >= 0.3 is 0 Å². The van der Waals surface area contributed by atoms with Crippen LogP contribution in [-0.2, 0) is 4.79 Å². The largest absolute Gasteiger partial charge is 0.508 e. The van der Waals surface area contributed by atoms with Crippen molar-refractivity contribution in [3.63, 3.8) is 0 Å².